The van der Waals surface area contributed by atoms with Crippen LogP contribution >= 0.6 is 0 Å². The number of aromatic amines is 1. The third-order valence-corrected chi connectivity index (χ3v) is 7.87. The van der Waals surface area contributed by atoms with E-state index >= 15 is 0 Å². The number of methoxy groups -OCH3 is 1. The summed E-state index contributed by atoms with van der Waals surface area (Å²) in [5, 5.41) is 16.3. The molecule has 5 heterocycles. The molecule has 0 saturated carbocycles. The van der Waals surface area contributed by atoms with E-state index in [4.69, 9.17) is 15.7 Å². The molecule has 1 amide bonds. The highest BCUT2D eigenvalue weighted by molar-refractivity contribution is 5.92. The number of nitrogens with zero attached hydrogens (tertiary/aromatic N) is 3. The minimum absolute atomic E-state index is 0.0534. The summed E-state index contributed by atoms with van der Waals surface area (Å²) in [7, 11) is 1.61. The molecule has 9 heteroatoms. The quantitative estimate of drug-likeness (QED) is 0.333. The molecule has 4 N–H and O–H groups in total. The Morgan fingerprint density at radius 2 is 2.14 bits per heavy atom. The molecule has 3 fully saturated rings. The van der Waals surface area contributed by atoms with Gasteiger partial charge in [-0.3, -0.25) is 15.1 Å². The molecular weight excluding hydrogens is 454 g/mol. The lowest BCUT2D eigenvalue weighted by molar-refractivity contribution is -0.382. The second kappa shape index (κ2) is 9.66. The van der Waals surface area contributed by atoms with E-state index in [1.807, 2.05) is 30.3 Å². The Balaban J connectivity index is 1.67. The molecule has 36 heavy (non-hydrogen) atoms. The number of aromatic nitrogens is 2. The SMILES string of the molecule is C=CCC12CCN(CC1)C([C@H](NC(=O)c1cccc[nH+]1)c1cc(=N)n(N=N)c3ccc(OC)cc13)C2. The summed E-state index contributed by atoms with van der Waals surface area (Å²) in [6.45, 7) is 5.94. The first-order valence-corrected chi connectivity index (χ1v) is 12.3. The fraction of sp³-hybridized carbons (Fsp3) is 0.370. The predicted molar refractivity (Wildman–Crippen MR) is 135 cm³/mol. The van der Waals surface area contributed by atoms with E-state index in [1.165, 1.54) is 4.68 Å². The molecule has 0 spiro atoms. The van der Waals surface area contributed by atoms with Gasteiger partial charge in [0.1, 0.15) is 11.2 Å². The molecule has 3 saturated heterocycles. The normalized spacial score (nSPS) is 23.7. The fourth-order valence-electron chi connectivity index (χ4n) is 6.00. The second-order valence-corrected chi connectivity index (χ2v) is 9.81. The van der Waals surface area contributed by atoms with E-state index in [0.717, 1.165) is 49.7 Å². The van der Waals surface area contributed by atoms with Crippen LogP contribution in [-0.2, 0) is 0 Å². The van der Waals surface area contributed by atoms with Crippen LogP contribution < -0.4 is 20.5 Å². The highest BCUT2D eigenvalue weighted by Gasteiger charge is 2.47. The number of piperidine rings is 3. The van der Waals surface area contributed by atoms with Gasteiger partial charge < -0.3 is 10.1 Å². The molecule has 0 aliphatic carbocycles. The van der Waals surface area contributed by atoms with Crippen LogP contribution in [0.4, 0.5) is 0 Å². The largest absolute Gasteiger partial charge is 0.497 e. The minimum atomic E-state index is -0.380. The number of hydrogen-bond acceptors (Lipinski definition) is 6. The summed E-state index contributed by atoms with van der Waals surface area (Å²) >= 11 is 0. The van der Waals surface area contributed by atoms with Crippen LogP contribution in [0.2, 0.25) is 0 Å². The number of pyridine rings is 2. The standard InChI is InChI=1S/C27H31N7O2/c1-3-9-27-10-13-33(14-11-27)23(17-27)25(31-26(35)21-6-4-5-12-30-21)20-16-24(28)34(32-29)22-8-7-18(36-2)15-19(20)22/h3-8,12,15-16,23,25,28-29H,1,9-11,13-14,17H2,2H3,(H,31,35)/p+1/t23?,25-/m1/s1. The summed E-state index contributed by atoms with van der Waals surface area (Å²) in [4.78, 5) is 19.0. The maximum atomic E-state index is 13.4. The fourth-order valence-corrected chi connectivity index (χ4v) is 6.00. The molecule has 3 aliphatic heterocycles. The Morgan fingerprint density at radius 3 is 2.81 bits per heavy atom. The van der Waals surface area contributed by atoms with Crippen LogP contribution in [0.25, 0.3) is 10.9 Å². The van der Waals surface area contributed by atoms with Crippen molar-refractivity contribution in [3.63, 3.8) is 0 Å². The van der Waals surface area contributed by atoms with Gasteiger partial charge in [0.05, 0.1) is 18.7 Å². The number of fused-ring (bicyclic) bond motifs is 4. The molecule has 3 aliphatic rings. The zero-order valence-electron chi connectivity index (χ0n) is 20.5. The van der Waals surface area contributed by atoms with Gasteiger partial charge in [0.15, 0.2) is 6.20 Å². The number of hydrogen-bond donors (Lipinski definition) is 3. The van der Waals surface area contributed by atoms with Crippen molar-refractivity contribution in [1.82, 2.24) is 14.9 Å². The molecule has 2 atom stereocenters. The molecule has 2 bridgehead atoms. The first-order valence-electron chi connectivity index (χ1n) is 12.3. The maximum absolute atomic E-state index is 13.4. The van der Waals surface area contributed by atoms with Gasteiger partial charge in [0.25, 0.3) is 5.69 Å². The first-order chi connectivity index (χ1) is 17.5. The summed E-state index contributed by atoms with van der Waals surface area (Å²) < 4.78 is 6.79. The van der Waals surface area contributed by atoms with E-state index < -0.39 is 0 Å². The van der Waals surface area contributed by atoms with Crippen LogP contribution in [0.1, 0.15) is 47.8 Å². The number of H-pyrrole nitrogens is 1. The van der Waals surface area contributed by atoms with Crippen molar-refractivity contribution in [2.75, 3.05) is 20.2 Å². The highest BCUT2D eigenvalue weighted by Crippen LogP contribution is 2.49. The van der Waals surface area contributed by atoms with Gasteiger partial charge in [0, 0.05) is 23.6 Å². The van der Waals surface area contributed by atoms with E-state index in [1.54, 1.807) is 31.5 Å². The molecule has 1 aromatic carbocycles. The van der Waals surface area contributed by atoms with E-state index in [-0.39, 0.29) is 28.9 Å². The number of benzene rings is 1. The van der Waals surface area contributed by atoms with Crippen molar-refractivity contribution < 1.29 is 14.5 Å². The van der Waals surface area contributed by atoms with Gasteiger partial charge in [-0.1, -0.05) is 11.3 Å². The van der Waals surface area contributed by atoms with Crippen molar-refractivity contribution in [3.8, 4) is 5.75 Å². The lowest BCUT2D eigenvalue weighted by atomic mass is 9.65. The summed E-state index contributed by atoms with van der Waals surface area (Å²) in [5.41, 5.74) is 9.82. The Hall–Kier alpha value is -3.85. The van der Waals surface area contributed by atoms with Gasteiger partial charge >= 0.3 is 5.91 Å². The number of allylic oxidation sites excluding steroid dienone is 1. The lowest BCUT2D eigenvalue weighted by Gasteiger charge is -2.55. The van der Waals surface area contributed by atoms with E-state index in [0.29, 0.717) is 17.0 Å². The lowest BCUT2D eigenvalue weighted by Crippen LogP contribution is -2.58. The number of rotatable bonds is 8. The molecule has 1 unspecified atom stereocenters. The Bertz CT molecular complexity index is 1360. The minimum Gasteiger partial charge on any atom is -0.497 e. The number of carbonyl (C=O) groups is 1. The molecule has 2 aromatic heterocycles. The molecule has 0 radical (unpaired) electrons. The number of nitrogens with one attached hydrogen (secondary N) is 4. The van der Waals surface area contributed by atoms with Crippen molar-refractivity contribution >= 4 is 16.8 Å². The third-order valence-electron chi connectivity index (χ3n) is 7.87. The smallest absolute Gasteiger partial charge is 0.316 e. The third kappa shape index (κ3) is 4.19. The molecule has 3 aromatic rings. The van der Waals surface area contributed by atoms with Gasteiger partial charge in [-0.15, -0.1) is 6.58 Å². The van der Waals surface area contributed by atoms with Crippen LogP contribution in [-0.4, -0.2) is 41.7 Å². The van der Waals surface area contributed by atoms with E-state index in [9.17, 15) is 4.79 Å². The summed E-state index contributed by atoms with van der Waals surface area (Å²) in [6.07, 6.45) is 7.88. The average molecular weight is 487 g/mol. The van der Waals surface area contributed by atoms with Gasteiger partial charge in [0.2, 0.25) is 0 Å². The second-order valence-electron chi connectivity index (χ2n) is 9.81. The van der Waals surface area contributed by atoms with Crippen LogP contribution in [0.15, 0.2) is 66.5 Å². The van der Waals surface area contributed by atoms with Crippen molar-refractivity contribution in [2.45, 2.75) is 37.8 Å². The van der Waals surface area contributed by atoms with E-state index in [2.05, 4.69) is 27.0 Å². The topological polar surface area (TPSA) is 121 Å². The van der Waals surface area contributed by atoms with Crippen LogP contribution in [0, 0.1) is 16.4 Å². The Labute approximate surface area is 209 Å². The predicted octanol–water partition coefficient (Wildman–Crippen LogP) is 3.64. The molecule has 186 valence electrons. The maximum Gasteiger partial charge on any atom is 0.316 e. The van der Waals surface area contributed by atoms with Gasteiger partial charge in [-0.2, -0.15) is 10.2 Å². The molecular formula is C27H32N7O2+. The monoisotopic (exact) mass is 486 g/mol. The number of ether oxygens (including phenoxy) is 1. The number of carbonyl (C=O) groups excluding carboxylic acids is 1. The zero-order valence-corrected chi connectivity index (χ0v) is 20.5. The van der Waals surface area contributed by atoms with Crippen molar-refractivity contribution in [1.29, 1.82) is 10.9 Å². The first kappa shape index (κ1) is 23.9. The highest BCUT2D eigenvalue weighted by atomic mass is 16.5. The summed E-state index contributed by atoms with van der Waals surface area (Å²) in [5.74, 6) is 0.457. The van der Waals surface area contributed by atoms with Crippen LogP contribution in [0.3, 0.4) is 0 Å². The zero-order chi connectivity index (χ0) is 25.3. The van der Waals surface area contributed by atoms with Crippen molar-refractivity contribution in [2.24, 2.45) is 10.6 Å². The van der Waals surface area contributed by atoms with Crippen LogP contribution in [0.5, 0.6) is 5.75 Å². The van der Waals surface area contributed by atoms with Gasteiger partial charge in [-0.05, 0) is 80.1 Å². The summed E-state index contributed by atoms with van der Waals surface area (Å²) in [6, 6.07) is 12.3. The number of amides is 1. The Kier molecular flexibility index (Phi) is 6.40. The molecule has 6 rings (SSSR count). The average Bonchev–Trinajstić information content (AvgIpc) is 2.92. The Morgan fingerprint density at radius 1 is 1.33 bits per heavy atom. The molecule has 9 nitrogen and oxygen atoms in total. The van der Waals surface area contributed by atoms with Gasteiger partial charge in [-0.25, -0.2) is 4.98 Å². The van der Waals surface area contributed by atoms with Crippen molar-refractivity contribution in [3.05, 3.63) is 78.1 Å².